The highest BCUT2D eigenvalue weighted by Crippen LogP contribution is 2.16. The van der Waals surface area contributed by atoms with Crippen molar-refractivity contribution < 1.29 is 24.2 Å². The average Bonchev–Trinajstić information content (AvgIpc) is 2.87. The Morgan fingerprint density at radius 1 is 1.21 bits per heavy atom. The number of hydrogen-bond donors (Lipinski definition) is 3. The number of likely N-dealkylation sites (tertiary alicyclic amines) is 1. The number of carbonyl (C=O) groups excluding carboxylic acids is 2. The van der Waals surface area contributed by atoms with Crippen molar-refractivity contribution in [3.8, 4) is 5.75 Å². The zero-order chi connectivity index (χ0) is 20.5. The Morgan fingerprint density at radius 2 is 1.93 bits per heavy atom. The first-order chi connectivity index (χ1) is 13.4. The Hall–Kier alpha value is -2.65. The highest BCUT2D eigenvalue weighted by molar-refractivity contribution is 6.01. The summed E-state index contributed by atoms with van der Waals surface area (Å²) in [5.74, 6) is -0.537. The van der Waals surface area contributed by atoms with Gasteiger partial charge in [0.1, 0.15) is 5.75 Å². The SMILES string of the molecule is COc1ccc(NC(=O)NC(=O)CN2CCCC(N(C)CC(=O)O)CC2)cc1. The minimum absolute atomic E-state index is 0.0106. The van der Waals surface area contributed by atoms with Crippen molar-refractivity contribution in [2.45, 2.75) is 25.3 Å². The van der Waals surface area contributed by atoms with Gasteiger partial charge in [-0.25, -0.2) is 4.79 Å². The minimum Gasteiger partial charge on any atom is -0.497 e. The predicted molar refractivity (Wildman–Crippen MR) is 105 cm³/mol. The minimum atomic E-state index is -0.842. The molecule has 0 saturated carbocycles. The van der Waals surface area contributed by atoms with Crippen molar-refractivity contribution in [1.29, 1.82) is 0 Å². The Balaban J connectivity index is 1.75. The Bertz CT molecular complexity index is 679. The van der Waals surface area contributed by atoms with Crippen LogP contribution in [0.15, 0.2) is 24.3 Å². The molecule has 0 radical (unpaired) electrons. The molecule has 28 heavy (non-hydrogen) atoms. The molecule has 0 bridgehead atoms. The molecule has 1 atom stereocenters. The summed E-state index contributed by atoms with van der Waals surface area (Å²) < 4.78 is 5.05. The van der Waals surface area contributed by atoms with Gasteiger partial charge in [0.2, 0.25) is 5.91 Å². The van der Waals surface area contributed by atoms with Crippen molar-refractivity contribution in [3.63, 3.8) is 0 Å². The molecule has 3 N–H and O–H groups in total. The molecule has 0 spiro atoms. The van der Waals surface area contributed by atoms with Gasteiger partial charge in [0.05, 0.1) is 20.2 Å². The van der Waals surface area contributed by atoms with E-state index in [0.717, 1.165) is 25.8 Å². The molecule has 1 saturated heterocycles. The van der Waals surface area contributed by atoms with E-state index in [1.165, 1.54) is 0 Å². The van der Waals surface area contributed by atoms with Crippen LogP contribution in [0.25, 0.3) is 0 Å². The summed E-state index contributed by atoms with van der Waals surface area (Å²) in [6.07, 6.45) is 2.55. The maximum Gasteiger partial charge on any atom is 0.325 e. The van der Waals surface area contributed by atoms with Gasteiger partial charge in [-0.15, -0.1) is 0 Å². The van der Waals surface area contributed by atoms with Gasteiger partial charge in [0.25, 0.3) is 0 Å². The van der Waals surface area contributed by atoms with Crippen molar-refractivity contribution >= 4 is 23.6 Å². The predicted octanol–water partition coefficient (Wildman–Crippen LogP) is 1.21. The molecule has 1 heterocycles. The second kappa shape index (κ2) is 10.6. The Morgan fingerprint density at radius 3 is 2.57 bits per heavy atom. The van der Waals surface area contributed by atoms with Gasteiger partial charge in [0, 0.05) is 18.3 Å². The second-order valence-corrected chi connectivity index (χ2v) is 6.90. The molecule has 1 aliphatic rings. The smallest absolute Gasteiger partial charge is 0.325 e. The number of hydrogen-bond acceptors (Lipinski definition) is 6. The Labute approximate surface area is 164 Å². The van der Waals surface area contributed by atoms with Crippen molar-refractivity contribution in [2.24, 2.45) is 0 Å². The summed E-state index contributed by atoms with van der Waals surface area (Å²) >= 11 is 0. The van der Waals surface area contributed by atoms with E-state index in [1.807, 2.05) is 16.8 Å². The number of amides is 3. The highest BCUT2D eigenvalue weighted by Gasteiger charge is 2.23. The second-order valence-electron chi connectivity index (χ2n) is 6.90. The highest BCUT2D eigenvalue weighted by atomic mass is 16.5. The van der Waals surface area contributed by atoms with Gasteiger partial charge in [-0.1, -0.05) is 0 Å². The zero-order valence-electron chi connectivity index (χ0n) is 16.3. The molecule has 3 amide bonds. The standard InChI is InChI=1S/C19H28N4O5/c1-22(13-18(25)26)15-4-3-10-23(11-9-15)12-17(24)21-19(27)20-14-5-7-16(28-2)8-6-14/h5-8,15H,3-4,9-13H2,1-2H3,(H,25,26)(H2,20,21,24,27). The summed E-state index contributed by atoms with van der Waals surface area (Å²) in [5, 5.41) is 13.9. The summed E-state index contributed by atoms with van der Waals surface area (Å²) in [6, 6.07) is 6.40. The number of nitrogens with zero attached hydrogens (tertiary/aromatic N) is 2. The van der Waals surface area contributed by atoms with Gasteiger partial charge in [0.15, 0.2) is 0 Å². The first-order valence-corrected chi connectivity index (χ1v) is 9.26. The fourth-order valence-corrected chi connectivity index (χ4v) is 3.29. The lowest BCUT2D eigenvalue weighted by atomic mass is 10.1. The first kappa shape index (κ1) is 21.6. The average molecular weight is 392 g/mol. The van der Waals surface area contributed by atoms with E-state index in [1.54, 1.807) is 31.4 Å². The number of likely N-dealkylation sites (N-methyl/N-ethyl adjacent to an activating group) is 1. The van der Waals surface area contributed by atoms with E-state index >= 15 is 0 Å². The number of methoxy groups -OCH3 is 1. The number of nitrogens with one attached hydrogen (secondary N) is 2. The van der Waals surface area contributed by atoms with Crippen LogP contribution in [0, 0.1) is 0 Å². The monoisotopic (exact) mass is 392 g/mol. The van der Waals surface area contributed by atoms with Crippen LogP contribution in [0.3, 0.4) is 0 Å². The summed E-state index contributed by atoms with van der Waals surface area (Å²) in [6.45, 7) is 1.56. The largest absolute Gasteiger partial charge is 0.497 e. The van der Waals surface area contributed by atoms with Crippen LogP contribution in [-0.4, -0.2) is 79.2 Å². The van der Waals surface area contributed by atoms with Gasteiger partial charge in [-0.05, 0) is 57.1 Å². The molecular weight excluding hydrogens is 364 g/mol. The molecule has 154 valence electrons. The number of carboxylic acids is 1. The van der Waals surface area contributed by atoms with E-state index in [-0.39, 0.29) is 25.0 Å². The number of aliphatic carboxylic acids is 1. The molecule has 1 aromatic rings. The van der Waals surface area contributed by atoms with Crippen molar-refractivity contribution in [3.05, 3.63) is 24.3 Å². The van der Waals surface area contributed by atoms with Crippen LogP contribution in [0.4, 0.5) is 10.5 Å². The first-order valence-electron chi connectivity index (χ1n) is 9.26. The molecule has 1 aromatic carbocycles. The maximum absolute atomic E-state index is 12.2. The third-order valence-corrected chi connectivity index (χ3v) is 4.77. The van der Waals surface area contributed by atoms with Crippen LogP contribution >= 0.6 is 0 Å². The molecule has 1 unspecified atom stereocenters. The van der Waals surface area contributed by atoms with Gasteiger partial charge >= 0.3 is 12.0 Å². The number of rotatable bonds is 7. The summed E-state index contributed by atoms with van der Waals surface area (Å²) in [4.78, 5) is 38.8. The third kappa shape index (κ3) is 7.16. The molecule has 0 aliphatic carbocycles. The van der Waals surface area contributed by atoms with Crippen molar-refractivity contribution in [2.75, 3.05) is 45.7 Å². The van der Waals surface area contributed by atoms with Crippen LogP contribution in [0.2, 0.25) is 0 Å². The van der Waals surface area contributed by atoms with Gasteiger partial charge in [-0.3, -0.25) is 24.7 Å². The Kier molecular flexibility index (Phi) is 8.21. The number of benzene rings is 1. The van der Waals surface area contributed by atoms with E-state index in [2.05, 4.69) is 10.6 Å². The quantitative estimate of drug-likeness (QED) is 0.640. The van der Waals surface area contributed by atoms with Crippen LogP contribution < -0.4 is 15.4 Å². The number of ether oxygens (including phenoxy) is 1. The number of imide groups is 1. The summed E-state index contributed by atoms with van der Waals surface area (Å²) in [5.41, 5.74) is 0.560. The molecule has 1 fully saturated rings. The fraction of sp³-hybridized carbons (Fsp3) is 0.526. The fourth-order valence-electron chi connectivity index (χ4n) is 3.29. The van der Waals surface area contributed by atoms with Crippen LogP contribution in [0.1, 0.15) is 19.3 Å². The number of carboxylic acid groups (broad SMARTS) is 1. The zero-order valence-corrected chi connectivity index (χ0v) is 16.3. The van der Waals surface area contributed by atoms with E-state index in [9.17, 15) is 14.4 Å². The molecule has 9 nitrogen and oxygen atoms in total. The number of carbonyl (C=O) groups is 3. The molecule has 2 rings (SSSR count). The molecular formula is C19H28N4O5. The van der Waals surface area contributed by atoms with Gasteiger partial charge in [-0.2, -0.15) is 0 Å². The third-order valence-electron chi connectivity index (χ3n) is 4.77. The number of urea groups is 1. The lowest BCUT2D eigenvalue weighted by molar-refractivity contribution is -0.138. The van der Waals surface area contributed by atoms with Gasteiger partial charge < -0.3 is 15.2 Å². The van der Waals surface area contributed by atoms with E-state index < -0.39 is 12.0 Å². The lowest BCUT2D eigenvalue weighted by Gasteiger charge is -2.25. The van der Waals surface area contributed by atoms with E-state index in [4.69, 9.17) is 9.84 Å². The maximum atomic E-state index is 12.2. The van der Waals surface area contributed by atoms with E-state index in [0.29, 0.717) is 18.0 Å². The molecule has 0 aromatic heterocycles. The molecule has 1 aliphatic heterocycles. The molecule has 9 heteroatoms. The lowest BCUT2D eigenvalue weighted by Crippen LogP contribution is -2.42. The van der Waals surface area contributed by atoms with Crippen LogP contribution in [0.5, 0.6) is 5.75 Å². The van der Waals surface area contributed by atoms with Crippen LogP contribution in [-0.2, 0) is 9.59 Å². The number of anilines is 1. The topological polar surface area (TPSA) is 111 Å². The van der Waals surface area contributed by atoms with Crippen molar-refractivity contribution in [1.82, 2.24) is 15.1 Å². The normalized spacial score (nSPS) is 17.6. The summed E-state index contributed by atoms with van der Waals surface area (Å²) in [7, 11) is 3.37.